The Morgan fingerprint density at radius 2 is 1.10 bits per heavy atom. The second kappa shape index (κ2) is 10.4. The van der Waals surface area contributed by atoms with Gasteiger partial charge >= 0.3 is 0 Å². The van der Waals surface area contributed by atoms with Crippen molar-refractivity contribution >= 4 is 0 Å². The van der Waals surface area contributed by atoms with E-state index in [9.17, 15) is 10.2 Å². The topological polar surface area (TPSA) is 40.5 Å². The van der Waals surface area contributed by atoms with Crippen molar-refractivity contribution in [3.63, 3.8) is 0 Å². The van der Waals surface area contributed by atoms with Crippen molar-refractivity contribution in [3.05, 3.63) is 12.7 Å². The molecule has 0 saturated carbocycles. The van der Waals surface area contributed by atoms with Crippen LogP contribution >= 0.6 is 0 Å². The highest BCUT2D eigenvalue weighted by atomic mass is 16.4. The van der Waals surface area contributed by atoms with Gasteiger partial charge in [0.25, 0.3) is 0 Å². The summed E-state index contributed by atoms with van der Waals surface area (Å²) in [7, 11) is 0. The fraction of sp³-hybridized carbons (Fsp3) is 0.889. The first-order chi connectivity index (χ1) is 9.49. The third-order valence-electron chi connectivity index (χ3n) is 4.46. The Morgan fingerprint density at radius 1 is 0.750 bits per heavy atom. The lowest BCUT2D eigenvalue weighted by molar-refractivity contribution is -0.169. The third kappa shape index (κ3) is 5.97. The van der Waals surface area contributed by atoms with Crippen LogP contribution in [0.15, 0.2) is 12.7 Å². The highest BCUT2D eigenvalue weighted by Gasteiger charge is 2.46. The molecule has 1 unspecified atom stereocenters. The van der Waals surface area contributed by atoms with E-state index in [0.717, 1.165) is 44.9 Å². The van der Waals surface area contributed by atoms with Gasteiger partial charge in [0.15, 0.2) is 0 Å². The maximum atomic E-state index is 11.2. The summed E-state index contributed by atoms with van der Waals surface area (Å²) in [5.74, 6) is 0. The van der Waals surface area contributed by atoms with Crippen molar-refractivity contribution in [1.29, 1.82) is 0 Å². The average molecular weight is 284 g/mol. The summed E-state index contributed by atoms with van der Waals surface area (Å²) in [6.45, 7) is 10.2. The van der Waals surface area contributed by atoms with E-state index < -0.39 is 11.2 Å². The lowest BCUT2D eigenvalue weighted by atomic mass is 9.71. The van der Waals surface area contributed by atoms with Crippen LogP contribution in [0.5, 0.6) is 0 Å². The van der Waals surface area contributed by atoms with Crippen LogP contribution in [-0.4, -0.2) is 21.4 Å². The van der Waals surface area contributed by atoms with Gasteiger partial charge in [0, 0.05) is 0 Å². The van der Waals surface area contributed by atoms with Crippen molar-refractivity contribution in [2.45, 2.75) is 103 Å². The summed E-state index contributed by atoms with van der Waals surface area (Å²) in [5, 5.41) is 22.3. The molecule has 120 valence electrons. The molecular formula is C18H36O2. The van der Waals surface area contributed by atoms with Gasteiger partial charge in [-0.05, 0) is 32.1 Å². The largest absolute Gasteiger partial charge is 0.387 e. The van der Waals surface area contributed by atoms with Crippen molar-refractivity contribution in [2.24, 2.45) is 0 Å². The SMILES string of the molecule is C=CCCC(O)(CCCC)C(O)(CCCC)CCCC. The summed E-state index contributed by atoms with van der Waals surface area (Å²) in [5.41, 5.74) is -1.89. The minimum atomic E-state index is -0.957. The monoisotopic (exact) mass is 284 g/mol. The zero-order valence-corrected chi connectivity index (χ0v) is 14.0. The van der Waals surface area contributed by atoms with Gasteiger partial charge in [0.05, 0.1) is 11.2 Å². The van der Waals surface area contributed by atoms with Gasteiger partial charge in [0.1, 0.15) is 0 Å². The van der Waals surface area contributed by atoms with Crippen LogP contribution in [-0.2, 0) is 0 Å². The van der Waals surface area contributed by atoms with E-state index in [4.69, 9.17) is 0 Å². The van der Waals surface area contributed by atoms with E-state index in [1.54, 1.807) is 0 Å². The van der Waals surface area contributed by atoms with Crippen LogP contribution in [0.4, 0.5) is 0 Å². The van der Waals surface area contributed by atoms with Crippen molar-refractivity contribution in [1.82, 2.24) is 0 Å². The Labute approximate surface area is 126 Å². The Kier molecular flexibility index (Phi) is 10.2. The molecular weight excluding hydrogens is 248 g/mol. The van der Waals surface area contributed by atoms with Crippen molar-refractivity contribution in [3.8, 4) is 0 Å². The molecule has 0 aliphatic rings. The predicted octanol–water partition coefficient (Wildman–Crippen LogP) is 4.99. The minimum absolute atomic E-state index is 0.625. The molecule has 0 aromatic heterocycles. The lowest BCUT2D eigenvalue weighted by Gasteiger charge is -2.44. The van der Waals surface area contributed by atoms with Gasteiger partial charge < -0.3 is 10.2 Å². The highest BCUT2D eigenvalue weighted by Crippen LogP contribution is 2.39. The normalized spacial score (nSPS) is 15.1. The Morgan fingerprint density at radius 3 is 1.40 bits per heavy atom. The molecule has 1 atom stereocenters. The molecule has 2 N–H and O–H groups in total. The van der Waals surface area contributed by atoms with Gasteiger partial charge in [-0.1, -0.05) is 65.4 Å². The molecule has 0 radical (unpaired) electrons. The summed E-state index contributed by atoms with van der Waals surface area (Å²) in [4.78, 5) is 0. The molecule has 0 heterocycles. The summed E-state index contributed by atoms with van der Waals surface area (Å²) in [6, 6.07) is 0. The highest BCUT2D eigenvalue weighted by molar-refractivity contribution is 5.00. The second-order valence-corrected chi connectivity index (χ2v) is 6.20. The fourth-order valence-corrected chi connectivity index (χ4v) is 2.93. The first-order valence-electron chi connectivity index (χ1n) is 8.55. The van der Waals surface area contributed by atoms with Gasteiger partial charge in [0.2, 0.25) is 0 Å². The Balaban J connectivity index is 5.06. The summed E-state index contributed by atoms with van der Waals surface area (Å²) >= 11 is 0. The van der Waals surface area contributed by atoms with Crippen molar-refractivity contribution < 1.29 is 10.2 Å². The van der Waals surface area contributed by atoms with E-state index >= 15 is 0 Å². The van der Waals surface area contributed by atoms with Gasteiger partial charge in [-0.15, -0.1) is 6.58 Å². The summed E-state index contributed by atoms with van der Waals surface area (Å²) < 4.78 is 0. The second-order valence-electron chi connectivity index (χ2n) is 6.20. The molecule has 0 rings (SSSR count). The Bertz CT molecular complexity index is 242. The van der Waals surface area contributed by atoms with Crippen LogP contribution in [0.3, 0.4) is 0 Å². The molecule has 0 saturated heterocycles. The number of hydrogen-bond acceptors (Lipinski definition) is 2. The maximum Gasteiger partial charge on any atom is 0.0936 e. The number of aliphatic hydroxyl groups is 2. The first kappa shape index (κ1) is 19.7. The van der Waals surface area contributed by atoms with Gasteiger partial charge in [-0.25, -0.2) is 0 Å². The third-order valence-corrected chi connectivity index (χ3v) is 4.46. The molecule has 0 fully saturated rings. The number of allylic oxidation sites excluding steroid dienone is 1. The molecule has 0 amide bonds. The van der Waals surface area contributed by atoms with Crippen LogP contribution < -0.4 is 0 Å². The Hall–Kier alpha value is -0.340. The molecule has 0 bridgehead atoms. The molecule has 0 aromatic rings. The van der Waals surface area contributed by atoms with Crippen LogP contribution in [0, 0.1) is 0 Å². The maximum absolute atomic E-state index is 11.2. The van der Waals surface area contributed by atoms with E-state index in [0.29, 0.717) is 25.7 Å². The smallest absolute Gasteiger partial charge is 0.0936 e. The van der Waals surface area contributed by atoms with E-state index in [-0.39, 0.29) is 0 Å². The molecule has 0 aromatic carbocycles. The molecule has 2 heteroatoms. The summed E-state index contributed by atoms with van der Waals surface area (Å²) in [6.07, 6.45) is 11.4. The van der Waals surface area contributed by atoms with E-state index in [2.05, 4.69) is 27.4 Å². The number of hydrogen-bond donors (Lipinski definition) is 2. The quantitative estimate of drug-likeness (QED) is 0.468. The fourth-order valence-electron chi connectivity index (χ4n) is 2.93. The van der Waals surface area contributed by atoms with Gasteiger partial charge in [-0.3, -0.25) is 0 Å². The van der Waals surface area contributed by atoms with Crippen molar-refractivity contribution in [2.75, 3.05) is 0 Å². The molecule has 2 nitrogen and oxygen atoms in total. The average Bonchev–Trinajstić information content (AvgIpc) is 2.46. The van der Waals surface area contributed by atoms with Crippen LogP contribution in [0.25, 0.3) is 0 Å². The molecule has 0 aliphatic carbocycles. The minimum Gasteiger partial charge on any atom is -0.387 e. The van der Waals surface area contributed by atoms with E-state index in [1.807, 2.05) is 6.08 Å². The lowest BCUT2D eigenvalue weighted by Crippen LogP contribution is -2.54. The molecule has 0 aliphatic heterocycles. The predicted molar refractivity (Wildman–Crippen MR) is 87.9 cm³/mol. The standard InChI is InChI=1S/C18H36O2/c1-5-9-13-17(19,14-10-6-2)18(20,15-11-7-3)16-12-8-4/h5,19-20H,1,6-16H2,2-4H3. The van der Waals surface area contributed by atoms with Crippen LogP contribution in [0.1, 0.15) is 91.4 Å². The van der Waals surface area contributed by atoms with E-state index in [1.165, 1.54) is 0 Å². The number of rotatable bonds is 13. The van der Waals surface area contributed by atoms with Gasteiger partial charge in [-0.2, -0.15) is 0 Å². The first-order valence-corrected chi connectivity index (χ1v) is 8.55. The van der Waals surface area contributed by atoms with Crippen LogP contribution in [0.2, 0.25) is 0 Å². The number of unbranched alkanes of at least 4 members (excludes halogenated alkanes) is 3. The molecule has 20 heavy (non-hydrogen) atoms. The zero-order chi connectivity index (χ0) is 15.5. The zero-order valence-electron chi connectivity index (χ0n) is 14.0. The molecule has 0 spiro atoms.